The maximum Gasteiger partial charge on any atom is 0.244 e. The number of ether oxygens (including phenoxy) is 3. The van der Waals surface area contributed by atoms with Gasteiger partial charge in [-0.15, -0.1) is 0 Å². The van der Waals surface area contributed by atoms with Crippen LogP contribution in [0.4, 0.5) is 0 Å². The highest BCUT2D eigenvalue weighted by molar-refractivity contribution is 7.89. The van der Waals surface area contributed by atoms with E-state index in [-0.39, 0.29) is 23.8 Å². The molecule has 1 aromatic rings. The second-order valence-corrected chi connectivity index (χ2v) is 5.71. The van der Waals surface area contributed by atoms with Gasteiger partial charge in [-0.05, 0) is 12.1 Å². The van der Waals surface area contributed by atoms with Crippen molar-refractivity contribution in [3.8, 4) is 11.5 Å². The van der Waals surface area contributed by atoms with E-state index >= 15 is 0 Å². The Kier molecular flexibility index (Phi) is 6.21. The van der Waals surface area contributed by atoms with Crippen LogP contribution in [0.25, 0.3) is 0 Å². The predicted molar refractivity (Wildman–Crippen MR) is 72.6 cm³/mol. The van der Waals surface area contributed by atoms with Crippen LogP contribution in [0.5, 0.6) is 11.5 Å². The molecule has 0 spiro atoms. The van der Waals surface area contributed by atoms with Crippen LogP contribution in [-0.4, -0.2) is 54.1 Å². The van der Waals surface area contributed by atoms with E-state index in [1.54, 1.807) is 0 Å². The smallest absolute Gasteiger partial charge is 0.244 e. The van der Waals surface area contributed by atoms with Crippen LogP contribution in [0, 0.1) is 0 Å². The predicted octanol–water partition coefficient (Wildman–Crippen LogP) is -0.0106. The van der Waals surface area contributed by atoms with E-state index in [2.05, 4.69) is 4.72 Å². The molecule has 0 fully saturated rings. The van der Waals surface area contributed by atoms with Crippen LogP contribution in [-0.2, 0) is 14.8 Å². The Labute approximate surface area is 118 Å². The normalized spacial score (nSPS) is 13.0. The molecule has 1 unspecified atom stereocenters. The van der Waals surface area contributed by atoms with Crippen molar-refractivity contribution in [1.29, 1.82) is 0 Å². The van der Waals surface area contributed by atoms with Gasteiger partial charge in [-0.2, -0.15) is 0 Å². The fourth-order valence-electron chi connectivity index (χ4n) is 1.53. The number of hydrogen-bond acceptors (Lipinski definition) is 6. The summed E-state index contributed by atoms with van der Waals surface area (Å²) in [6.07, 6.45) is -0.918. The van der Waals surface area contributed by atoms with Gasteiger partial charge in [0.1, 0.15) is 16.4 Å². The third-order valence-corrected chi connectivity index (χ3v) is 3.99. The number of aliphatic hydroxyl groups excluding tert-OH is 1. The lowest BCUT2D eigenvalue weighted by atomic mass is 10.3. The summed E-state index contributed by atoms with van der Waals surface area (Å²) in [5.41, 5.74) is 0. The number of rotatable bonds is 8. The fraction of sp³-hybridized carbons (Fsp3) is 0.500. The molecule has 114 valence electrons. The molecule has 0 aliphatic carbocycles. The van der Waals surface area contributed by atoms with Crippen molar-refractivity contribution in [1.82, 2.24) is 4.72 Å². The molecule has 1 atom stereocenters. The lowest BCUT2D eigenvalue weighted by Crippen LogP contribution is -2.34. The number of hydrogen-bond donors (Lipinski definition) is 2. The van der Waals surface area contributed by atoms with Crippen LogP contribution in [0.1, 0.15) is 0 Å². The van der Waals surface area contributed by atoms with Crippen LogP contribution in [0.3, 0.4) is 0 Å². The summed E-state index contributed by atoms with van der Waals surface area (Å²) in [5.74, 6) is 0.651. The Morgan fingerprint density at radius 3 is 2.50 bits per heavy atom. The highest BCUT2D eigenvalue weighted by Crippen LogP contribution is 2.28. The van der Waals surface area contributed by atoms with Crippen molar-refractivity contribution in [3.63, 3.8) is 0 Å². The summed E-state index contributed by atoms with van der Waals surface area (Å²) in [5, 5.41) is 9.46. The summed E-state index contributed by atoms with van der Waals surface area (Å²) >= 11 is 0. The zero-order chi connectivity index (χ0) is 15.2. The van der Waals surface area contributed by atoms with E-state index in [9.17, 15) is 13.5 Å². The Hall–Kier alpha value is -1.35. The first-order valence-corrected chi connectivity index (χ1v) is 7.31. The molecule has 7 nitrogen and oxygen atoms in total. The molecule has 0 amide bonds. The number of methoxy groups -OCH3 is 3. The van der Waals surface area contributed by atoms with Gasteiger partial charge < -0.3 is 19.3 Å². The Bertz CT molecular complexity index is 531. The van der Waals surface area contributed by atoms with Crippen molar-refractivity contribution in [2.24, 2.45) is 0 Å². The van der Waals surface area contributed by atoms with Gasteiger partial charge in [0.25, 0.3) is 0 Å². The molecule has 0 heterocycles. The third-order valence-electron chi connectivity index (χ3n) is 2.53. The molecule has 0 aliphatic heterocycles. The lowest BCUT2D eigenvalue weighted by molar-refractivity contribution is 0.0679. The fourth-order valence-corrected chi connectivity index (χ4v) is 2.75. The number of aliphatic hydroxyl groups is 1. The minimum absolute atomic E-state index is 0.0228. The van der Waals surface area contributed by atoms with Crippen molar-refractivity contribution >= 4 is 10.0 Å². The summed E-state index contributed by atoms with van der Waals surface area (Å²) < 4.78 is 41.3. The molecule has 0 saturated carbocycles. The quantitative estimate of drug-likeness (QED) is 0.701. The maximum absolute atomic E-state index is 12.1. The number of sulfonamides is 1. The van der Waals surface area contributed by atoms with Gasteiger partial charge >= 0.3 is 0 Å². The molecule has 1 aromatic carbocycles. The van der Waals surface area contributed by atoms with E-state index in [0.29, 0.717) is 5.75 Å². The van der Waals surface area contributed by atoms with E-state index in [1.807, 2.05) is 0 Å². The van der Waals surface area contributed by atoms with Crippen LogP contribution in [0.15, 0.2) is 23.1 Å². The molecule has 1 rings (SSSR count). The van der Waals surface area contributed by atoms with Crippen LogP contribution in [0.2, 0.25) is 0 Å². The first-order valence-electron chi connectivity index (χ1n) is 5.83. The molecule has 0 radical (unpaired) electrons. The van der Waals surface area contributed by atoms with Gasteiger partial charge in [-0.25, -0.2) is 13.1 Å². The molecule has 0 saturated heterocycles. The highest BCUT2D eigenvalue weighted by atomic mass is 32.2. The second-order valence-electron chi connectivity index (χ2n) is 3.98. The Morgan fingerprint density at radius 2 is 1.95 bits per heavy atom. The standard InChI is InChI=1S/C12H19NO6S/c1-17-8-9(14)7-13-20(15,16)12-5-4-10(18-2)6-11(12)19-3/h4-6,9,13-14H,7-8H2,1-3H3. The summed E-state index contributed by atoms with van der Waals surface area (Å²) in [6, 6.07) is 4.37. The van der Waals surface area contributed by atoms with Crippen molar-refractivity contribution in [3.05, 3.63) is 18.2 Å². The zero-order valence-corrected chi connectivity index (χ0v) is 12.4. The lowest BCUT2D eigenvalue weighted by Gasteiger charge is -2.14. The topological polar surface area (TPSA) is 94.1 Å². The summed E-state index contributed by atoms with van der Waals surface area (Å²) in [6.45, 7) is -0.104. The van der Waals surface area contributed by atoms with Crippen LogP contribution < -0.4 is 14.2 Å². The van der Waals surface area contributed by atoms with Crippen molar-refractivity contribution < 1.29 is 27.7 Å². The van der Waals surface area contributed by atoms with Gasteiger partial charge in [0.2, 0.25) is 10.0 Å². The largest absolute Gasteiger partial charge is 0.497 e. The average molecular weight is 305 g/mol. The number of benzene rings is 1. The molecule has 0 aromatic heterocycles. The number of nitrogens with one attached hydrogen (secondary N) is 1. The van der Waals surface area contributed by atoms with Crippen LogP contribution >= 0.6 is 0 Å². The zero-order valence-electron chi connectivity index (χ0n) is 11.6. The van der Waals surface area contributed by atoms with E-state index in [0.717, 1.165) is 0 Å². The van der Waals surface area contributed by atoms with Gasteiger partial charge in [0.05, 0.1) is 26.9 Å². The van der Waals surface area contributed by atoms with Gasteiger partial charge in [0.15, 0.2) is 0 Å². The summed E-state index contributed by atoms with van der Waals surface area (Å²) in [4.78, 5) is -0.0228. The summed E-state index contributed by atoms with van der Waals surface area (Å²) in [7, 11) is 0.476. The molecular formula is C12H19NO6S. The van der Waals surface area contributed by atoms with Crippen molar-refractivity contribution in [2.75, 3.05) is 34.5 Å². The van der Waals surface area contributed by atoms with Gasteiger partial charge in [0, 0.05) is 19.7 Å². The maximum atomic E-state index is 12.1. The monoisotopic (exact) mass is 305 g/mol. The molecule has 0 bridgehead atoms. The molecule has 2 N–H and O–H groups in total. The van der Waals surface area contributed by atoms with Gasteiger partial charge in [-0.1, -0.05) is 0 Å². The second kappa shape index (κ2) is 7.44. The van der Waals surface area contributed by atoms with E-state index < -0.39 is 16.1 Å². The molecule has 0 aliphatic rings. The highest BCUT2D eigenvalue weighted by Gasteiger charge is 2.21. The molecular weight excluding hydrogens is 286 g/mol. The van der Waals surface area contributed by atoms with E-state index in [1.165, 1.54) is 39.5 Å². The van der Waals surface area contributed by atoms with E-state index in [4.69, 9.17) is 14.2 Å². The average Bonchev–Trinajstić information content (AvgIpc) is 2.44. The first kappa shape index (κ1) is 16.7. The Morgan fingerprint density at radius 1 is 1.25 bits per heavy atom. The minimum atomic E-state index is -3.79. The van der Waals surface area contributed by atoms with Crippen molar-refractivity contribution in [2.45, 2.75) is 11.0 Å². The third kappa shape index (κ3) is 4.34. The minimum Gasteiger partial charge on any atom is -0.497 e. The van der Waals surface area contributed by atoms with Gasteiger partial charge in [-0.3, -0.25) is 0 Å². The SMILES string of the molecule is COCC(O)CNS(=O)(=O)c1ccc(OC)cc1OC. The molecule has 20 heavy (non-hydrogen) atoms. The Balaban J connectivity index is 2.92. The molecule has 8 heteroatoms. The first-order chi connectivity index (χ1) is 9.44.